The van der Waals surface area contributed by atoms with Gasteiger partial charge < -0.3 is 9.84 Å². The first kappa shape index (κ1) is 15.2. The molecule has 20 heavy (non-hydrogen) atoms. The van der Waals surface area contributed by atoms with Crippen molar-refractivity contribution in [2.75, 3.05) is 0 Å². The molecule has 0 radical (unpaired) electrons. The van der Waals surface area contributed by atoms with Crippen LogP contribution in [0.4, 0.5) is 0 Å². The molecule has 0 bridgehead atoms. The van der Waals surface area contributed by atoms with Crippen LogP contribution in [0.3, 0.4) is 0 Å². The van der Waals surface area contributed by atoms with Crippen LogP contribution in [0.25, 0.3) is 0 Å². The smallest absolute Gasteiger partial charge is 0.335 e. The summed E-state index contributed by atoms with van der Waals surface area (Å²) < 4.78 is 6.32. The van der Waals surface area contributed by atoms with E-state index in [-0.39, 0.29) is 12.2 Å². The highest BCUT2D eigenvalue weighted by Gasteiger charge is 2.10. The lowest BCUT2D eigenvalue weighted by atomic mass is 10.1. The summed E-state index contributed by atoms with van der Waals surface area (Å²) in [5.74, 6) is -0.608. The molecule has 1 N–H and O–H groups in total. The molecule has 0 saturated heterocycles. The summed E-state index contributed by atoms with van der Waals surface area (Å²) in [7, 11) is 0. The minimum atomic E-state index is -0.980. The van der Waals surface area contributed by atoms with Crippen LogP contribution in [0.2, 0.25) is 10.0 Å². The molecule has 0 unspecified atom stereocenters. The van der Waals surface area contributed by atoms with E-state index in [1.807, 2.05) is 0 Å². The number of aromatic carboxylic acids is 1. The molecule has 2 rings (SSSR count). The molecule has 0 aliphatic heterocycles. The molecular formula is C14H9BrCl2O3. The lowest BCUT2D eigenvalue weighted by Crippen LogP contribution is -2.00. The third-order valence-corrected chi connectivity index (χ3v) is 3.54. The second-order valence-corrected chi connectivity index (χ2v) is 5.72. The van der Waals surface area contributed by atoms with Crippen molar-refractivity contribution < 1.29 is 14.6 Å². The zero-order chi connectivity index (χ0) is 14.7. The van der Waals surface area contributed by atoms with E-state index in [0.717, 1.165) is 10.0 Å². The second-order valence-electron chi connectivity index (χ2n) is 3.99. The molecule has 0 saturated carbocycles. The van der Waals surface area contributed by atoms with Gasteiger partial charge in [-0.3, -0.25) is 0 Å². The fourth-order valence-corrected chi connectivity index (χ4v) is 2.93. The van der Waals surface area contributed by atoms with Crippen LogP contribution in [0.15, 0.2) is 40.9 Å². The monoisotopic (exact) mass is 374 g/mol. The molecule has 0 atom stereocenters. The highest BCUT2D eigenvalue weighted by Crippen LogP contribution is 2.36. The Balaban J connectivity index is 2.17. The fourth-order valence-electron chi connectivity index (χ4n) is 1.62. The molecule has 2 aromatic carbocycles. The van der Waals surface area contributed by atoms with Gasteiger partial charge in [0.15, 0.2) is 5.75 Å². The van der Waals surface area contributed by atoms with Gasteiger partial charge in [-0.25, -0.2) is 4.79 Å². The molecule has 0 amide bonds. The number of hydrogen-bond donors (Lipinski definition) is 1. The molecule has 0 aromatic heterocycles. The van der Waals surface area contributed by atoms with E-state index < -0.39 is 5.97 Å². The summed E-state index contributed by atoms with van der Waals surface area (Å²) in [6.07, 6.45) is 0. The number of hydrogen-bond acceptors (Lipinski definition) is 2. The Bertz CT molecular complexity index is 636. The van der Waals surface area contributed by atoms with Crippen molar-refractivity contribution >= 4 is 45.1 Å². The predicted molar refractivity (Wildman–Crippen MR) is 81.9 cm³/mol. The lowest BCUT2D eigenvalue weighted by molar-refractivity contribution is 0.0696. The Morgan fingerprint density at radius 3 is 2.45 bits per heavy atom. The average Bonchev–Trinajstić information content (AvgIpc) is 2.37. The maximum atomic E-state index is 10.9. The predicted octanol–water partition coefficient (Wildman–Crippen LogP) is 5.03. The van der Waals surface area contributed by atoms with Crippen molar-refractivity contribution in [3.05, 3.63) is 62.0 Å². The largest absolute Gasteiger partial charge is 0.486 e. The first-order valence-corrected chi connectivity index (χ1v) is 7.12. The summed E-state index contributed by atoms with van der Waals surface area (Å²) in [4.78, 5) is 10.9. The van der Waals surface area contributed by atoms with Crippen LogP contribution in [-0.2, 0) is 6.61 Å². The van der Waals surface area contributed by atoms with E-state index in [9.17, 15) is 4.79 Å². The third kappa shape index (κ3) is 3.66. The molecule has 0 heterocycles. The van der Waals surface area contributed by atoms with Crippen LogP contribution in [-0.4, -0.2) is 11.1 Å². The summed E-state index contributed by atoms with van der Waals surface area (Å²) in [5.41, 5.74) is 0.930. The van der Waals surface area contributed by atoms with E-state index in [1.165, 1.54) is 6.07 Å². The molecule has 3 nitrogen and oxygen atoms in total. The van der Waals surface area contributed by atoms with Crippen molar-refractivity contribution in [3.8, 4) is 5.75 Å². The molecule has 6 heteroatoms. The van der Waals surface area contributed by atoms with Gasteiger partial charge in [-0.05, 0) is 29.8 Å². The van der Waals surface area contributed by atoms with Gasteiger partial charge in [0, 0.05) is 4.47 Å². The summed E-state index contributed by atoms with van der Waals surface area (Å²) >= 11 is 15.4. The summed E-state index contributed by atoms with van der Waals surface area (Å²) in [5, 5.41) is 9.70. The van der Waals surface area contributed by atoms with Crippen molar-refractivity contribution in [2.45, 2.75) is 6.61 Å². The second kappa shape index (κ2) is 6.48. The van der Waals surface area contributed by atoms with E-state index >= 15 is 0 Å². The summed E-state index contributed by atoms with van der Waals surface area (Å²) in [6.45, 7) is 0.183. The minimum Gasteiger partial charge on any atom is -0.486 e. The molecule has 0 spiro atoms. The van der Waals surface area contributed by atoms with Gasteiger partial charge in [0.1, 0.15) is 6.61 Å². The number of benzene rings is 2. The average molecular weight is 376 g/mol. The SMILES string of the molecule is O=C(O)c1cccc(COc2c(Cl)cc(Br)cc2Cl)c1. The fraction of sp³-hybridized carbons (Fsp3) is 0.0714. The van der Waals surface area contributed by atoms with E-state index in [2.05, 4.69) is 15.9 Å². The van der Waals surface area contributed by atoms with E-state index in [1.54, 1.807) is 30.3 Å². The van der Waals surface area contributed by atoms with Crippen molar-refractivity contribution in [1.82, 2.24) is 0 Å². The van der Waals surface area contributed by atoms with Crippen molar-refractivity contribution in [3.63, 3.8) is 0 Å². The van der Waals surface area contributed by atoms with Crippen LogP contribution >= 0.6 is 39.1 Å². The molecule has 0 aliphatic rings. The number of carboxylic acids is 1. The molecule has 2 aromatic rings. The number of carbonyl (C=O) groups is 1. The van der Waals surface area contributed by atoms with Gasteiger partial charge >= 0.3 is 5.97 Å². The van der Waals surface area contributed by atoms with Crippen molar-refractivity contribution in [1.29, 1.82) is 0 Å². The minimum absolute atomic E-state index is 0.183. The van der Waals surface area contributed by atoms with Gasteiger partial charge in [-0.15, -0.1) is 0 Å². The third-order valence-electron chi connectivity index (χ3n) is 2.52. The maximum absolute atomic E-state index is 10.9. The Morgan fingerprint density at radius 1 is 1.20 bits per heavy atom. The molecule has 0 fully saturated rings. The van der Waals surface area contributed by atoms with Gasteiger partial charge in [-0.2, -0.15) is 0 Å². The summed E-state index contributed by atoms with van der Waals surface area (Å²) in [6, 6.07) is 9.85. The van der Waals surface area contributed by atoms with Crippen LogP contribution in [0.5, 0.6) is 5.75 Å². The quantitative estimate of drug-likeness (QED) is 0.814. The maximum Gasteiger partial charge on any atom is 0.335 e. The number of carboxylic acid groups (broad SMARTS) is 1. The van der Waals surface area contributed by atoms with Gasteiger partial charge in [0.05, 0.1) is 15.6 Å². The molecule has 104 valence electrons. The van der Waals surface area contributed by atoms with Gasteiger partial charge in [0.25, 0.3) is 0 Å². The first-order valence-electron chi connectivity index (χ1n) is 5.57. The zero-order valence-electron chi connectivity index (χ0n) is 10.1. The molecule has 0 aliphatic carbocycles. The molecular weight excluding hydrogens is 367 g/mol. The van der Waals surface area contributed by atoms with E-state index in [4.69, 9.17) is 33.0 Å². The highest BCUT2D eigenvalue weighted by atomic mass is 79.9. The standard InChI is InChI=1S/C14H9BrCl2O3/c15-10-5-11(16)13(12(17)6-10)20-7-8-2-1-3-9(4-8)14(18)19/h1-6H,7H2,(H,18,19). The topological polar surface area (TPSA) is 46.5 Å². The first-order chi connectivity index (χ1) is 9.47. The Labute approximate surface area is 134 Å². The normalized spacial score (nSPS) is 10.3. The van der Waals surface area contributed by atoms with Crippen molar-refractivity contribution in [2.24, 2.45) is 0 Å². The number of ether oxygens (including phenoxy) is 1. The lowest BCUT2D eigenvalue weighted by Gasteiger charge is -2.10. The number of rotatable bonds is 4. The Kier molecular flexibility index (Phi) is 4.91. The van der Waals surface area contributed by atoms with Gasteiger partial charge in [-0.1, -0.05) is 51.3 Å². The Hall–Kier alpha value is -1.23. The van der Waals surface area contributed by atoms with Crippen LogP contribution < -0.4 is 4.74 Å². The van der Waals surface area contributed by atoms with Crippen LogP contribution in [0.1, 0.15) is 15.9 Å². The Morgan fingerprint density at radius 2 is 1.85 bits per heavy atom. The highest BCUT2D eigenvalue weighted by molar-refractivity contribution is 9.10. The van der Waals surface area contributed by atoms with E-state index in [0.29, 0.717) is 15.8 Å². The zero-order valence-corrected chi connectivity index (χ0v) is 13.2. The van der Waals surface area contributed by atoms with Gasteiger partial charge in [0.2, 0.25) is 0 Å². The number of halogens is 3. The van der Waals surface area contributed by atoms with Crippen LogP contribution in [0, 0.1) is 0 Å².